The number of sulfonamides is 1. The SMILES string of the molecule is CN(C)S(=O)(=O)c1cccc(C2=N/C(=C\c3ccsc3)C(=O)O2)c1. The lowest BCUT2D eigenvalue weighted by Crippen LogP contribution is -2.22. The molecule has 0 atom stereocenters. The number of carbonyl (C=O) groups is 1. The zero-order chi connectivity index (χ0) is 17.3. The molecule has 2 aromatic rings. The van der Waals surface area contributed by atoms with Crippen LogP contribution in [0.25, 0.3) is 6.08 Å². The van der Waals surface area contributed by atoms with Crippen molar-refractivity contribution in [3.8, 4) is 0 Å². The van der Waals surface area contributed by atoms with Gasteiger partial charge < -0.3 is 4.74 Å². The molecule has 0 fully saturated rings. The van der Waals surface area contributed by atoms with Crippen LogP contribution in [0.15, 0.2) is 56.7 Å². The zero-order valence-corrected chi connectivity index (χ0v) is 14.6. The number of ether oxygens (including phenoxy) is 1. The number of nitrogens with zero attached hydrogens (tertiary/aromatic N) is 2. The Balaban J connectivity index is 1.97. The second-order valence-corrected chi connectivity index (χ2v) is 8.14. The van der Waals surface area contributed by atoms with Crippen LogP contribution in [-0.2, 0) is 19.6 Å². The first-order chi connectivity index (χ1) is 11.4. The second kappa shape index (κ2) is 6.31. The molecule has 0 bridgehead atoms. The third kappa shape index (κ3) is 3.16. The van der Waals surface area contributed by atoms with E-state index in [0.29, 0.717) is 5.56 Å². The molecule has 0 spiro atoms. The van der Waals surface area contributed by atoms with Gasteiger partial charge in [-0.05, 0) is 46.7 Å². The Labute approximate surface area is 143 Å². The Kier molecular flexibility index (Phi) is 4.35. The highest BCUT2D eigenvalue weighted by Gasteiger charge is 2.25. The molecule has 1 aromatic carbocycles. The molecule has 0 saturated carbocycles. The second-order valence-electron chi connectivity index (χ2n) is 5.21. The average Bonchev–Trinajstić information content (AvgIpc) is 3.18. The minimum absolute atomic E-state index is 0.0947. The van der Waals surface area contributed by atoms with Crippen LogP contribution < -0.4 is 0 Å². The third-order valence-electron chi connectivity index (χ3n) is 3.33. The van der Waals surface area contributed by atoms with E-state index >= 15 is 0 Å². The Morgan fingerprint density at radius 2 is 2.04 bits per heavy atom. The summed E-state index contributed by atoms with van der Waals surface area (Å²) in [6.45, 7) is 0. The fraction of sp³-hybridized carbons (Fsp3) is 0.125. The van der Waals surface area contributed by atoms with Gasteiger partial charge in [-0.2, -0.15) is 11.3 Å². The lowest BCUT2D eigenvalue weighted by Gasteiger charge is -2.11. The van der Waals surface area contributed by atoms with E-state index < -0.39 is 16.0 Å². The number of hydrogen-bond acceptors (Lipinski definition) is 6. The first kappa shape index (κ1) is 16.6. The smallest absolute Gasteiger partial charge is 0.363 e. The summed E-state index contributed by atoms with van der Waals surface area (Å²) in [7, 11) is -0.662. The molecule has 1 aliphatic rings. The molecule has 6 nitrogen and oxygen atoms in total. The van der Waals surface area contributed by atoms with E-state index in [1.54, 1.807) is 18.2 Å². The van der Waals surface area contributed by atoms with E-state index in [0.717, 1.165) is 9.87 Å². The van der Waals surface area contributed by atoms with Gasteiger partial charge in [-0.25, -0.2) is 22.5 Å². The van der Waals surface area contributed by atoms with Crippen molar-refractivity contribution in [1.82, 2.24) is 4.31 Å². The lowest BCUT2D eigenvalue weighted by atomic mass is 10.2. The molecule has 1 aliphatic heterocycles. The molecule has 124 valence electrons. The Hall–Kier alpha value is -2.29. The van der Waals surface area contributed by atoms with Gasteiger partial charge in [-0.1, -0.05) is 6.07 Å². The highest BCUT2D eigenvalue weighted by molar-refractivity contribution is 7.89. The van der Waals surface area contributed by atoms with Crippen molar-refractivity contribution in [2.24, 2.45) is 4.99 Å². The molecular formula is C16H14N2O4S2. The normalized spacial score (nSPS) is 16.5. The standard InChI is InChI=1S/C16H14N2O4S2/c1-18(2)24(20,21)13-5-3-4-12(9-13)15-17-14(16(19)22-15)8-11-6-7-23-10-11/h3-10H,1-2H3/b14-8-. The van der Waals surface area contributed by atoms with Gasteiger partial charge >= 0.3 is 5.97 Å². The van der Waals surface area contributed by atoms with E-state index in [-0.39, 0.29) is 16.5 Å². The summed E-state index contributed by atoms with van der Waals surface area (Å²) in [6, 6.07) is 8.02. The summed E-state index contributed by atoms with van der Waals surface area (Å²) < 4.78 is 30.7. The maximum absolute atomic E-state index is 12.2. The largest absolute Gasteiger partial charge is 0.402 e. The Morgan fingerprint density at radius 1 is 1.25 bits per heavy atom. The Morgan fingerprint density at radius 3 is 2.71 bits per heavy atom. The van der Waals surface area contributed by atoms with E-state index in [1.165, 1.54) is 37.6 Å². The monoisotopic (exact) mass is 362 g/mol. The fourth-order valence-corrected chi connectivity index (χ4v) is 3.61. The van der Waals surface area contributed by atoms with Gasteiger partial charge in [0.25, 0.3) is 0 Å². The molecule has 24 heavy (non-hydrogen) atoms. The summed E-state index contributed by atoms with van der Waals surface area (Å²) >= 11 is 1.51. The number of benzene rings is 1. The van der Waals surface area contributed by atoms with Crippen LogP contribution in [0.1, 0.15) is 11.1 Å². The number of esters is 1. The maximum Gasteiger partial charge on any atom is 0.363 e. The van der Waals surface area contributed by atoms with Gasteiger partial charge in [-0.15, -0.1) is 0 Å². The summed E-state index contributed by atoms with van der Waals surface area (Å²) in [4.78, 5) is 16.2. The van der Waals surface area contributed by atoms with Gasteiger partial charge in [0.1, 0.15) is 0 Å². The number of hydrogen-bond donors (Lipinski definition) is 0. The van der Waals surface area contributed by atoms with Gasteiger partial charge in [0, 0.05) is 19.7 Å². The summed E-state index contributed by atoms with van der Waals surface area (Å²) in [5, 5.41) is 3.78. The third-order valence-corrected chi connectivity index (χ3v) is 5.84. The molecule has 0 aliphatic carbocycles. The molecule has 3 rings (SSSR count). The fourth-order valence-electron chi connectivity index (χ4n) is 2.05. The number of rotatable bonds is 4. The van der Waals surface area contributed by atoms with Crippen molar-refractivity contribution in [3.05, 3.63) is 57.9 Å². The topological polar surface area (TPSA) is 76.0 Å². The first-order valence-corrected chi connectivity index (χ1v) is 9.34. The van der Waals surface area contributed by atoms with Gasteiger partial charge in [0.2, 0.25) is 15.9 Å². The van der Waals surface area contributed by atoms with E-state index in [1.807, 2.05) is 16.8 Å². The maximum atomic E-state index is 12.2. The summed E-state index contributed by atoms with van der Waals surface area (Å²) in [6.07, 6.45) is 1.63. The van der Waals surface area contributed by atoms with Crippen molar-refractivity contribution >= 4 is 39.3 Å². The van der Waals surface area contributed by atoms with Gasteiger partial charge in [0.05, 0.1) is 4.90 Å². The molecule has 2 heterocycles. The Bertz CT molecular complexity index is 942. The van der Waals surface area contributed by atoms with Gasteiger partial charge in [-0.3, -0.25) is 0 Å². The highest BCUT2D eigenvalue weighted by Crippen LogP contribution is 2.22. The molecule has 0 unspecified atom stereocenters. The van der Waals surface area contributed by atoms with Gasteiger partial charge in [0.15, 0.2) is 5.70 Å². The quantitative estimate of drug-likeness (QED) is 0.618. The van der Waals surface area contributed by atoms with Crippen molar-refractivity contribution in [3.63, 3.8) is 0 Å². The van der Waals surface area contributed by atoms with Crippen LogP contribution in [0.4, 0.5) is 0 Å². The number of cyclic esters (lactones) is 1. The number of carbonyl (C=O) groups excluding carboxylic acids is 1. The molecule has 0 saturated heterocycles. The van der Waals surface area contributed by atoms with E-state index in [9.17, 15) is 13.2 Å². The van der Waals surface area contributed by atoms with Crippen LogP contribution in [0.2, 0.25) is 0 Å². The van der Waals surface area contributed by atoms with Crippen molar-refractivity contribution in [2.75, 3.05) is 14.1 Å². The molecule has 1 aromatic heterocycles. The molecule has 0 N–H and O–H groups in total. The van der Waals surface area contributed by atoms with Crippen LogP contribution in [0.3, 0.4) is 0 Å². The molecule has 0 radical (unpaired) electrons. The summed E-state index contributed by atoms with van der Waals surface area (Å²) in [5.41, 5.74) is 1.48. The van der Waals surface area contributed by atoms with Crippen molar-refractivity contribution in [2.45, 2.75) is 4.90 Å². The van der Waals surface area contributed by atoms with Crippen LogP contribution >= 0.6 is 11.3 Å². The summed E-state index contributed by atoms with van der Waals surface area (Å²) in [5.74, 6) is -0.464. The van der Waals surface area contributed by atoms with Crippen molar-refractivity contribution in [1.29, 1.82) is 0 Å². The molecular weight excluding hydrogens is 348 g/mol. The highest BCUT2D eigenvalue weighted by atomic mass is 32.2. The minimum Gasteiger partial charge on any atom is -0.402 e. The van der Waals surface area contributed by atoms with Crippen molar-refractivity contribution < 1.29 is 17.9 Å². The van der Waals surface area contributed by atoms with Crippen LogP contribution in [0.5, 0.6) is 0 Å². The van der Waals surface area contributed by atoms with E-state index in [4.69, 9.17) is 4.74 Å². The number of aliphatic imine (C=N–C) groups is 1. The number of thiophene rings is 1. The molecule has 8 heteroatoms. The first-order valence-electron chi connectivity index (χ1n) is 6.95. The predicted molar refractivity (Wildman–Crippen MR) is 92.2 cm³/mol. The predicted octanol–water partition coefficient (Wildman–Crippen LogP) is 2.34. The minimum atomic E-state index is -3.57. The van der Waals surface area contributed by atoms with Crippen LogP contribution in [-0.4, -0.2) is 38.7 Å². The molecule has 0 amide bonds. The average molecular weight is 362 g/mol. The zero-order valence-electron chi connectivity index (χ0n) is 13.0. The van der Waals surface area contributed by atoms with E-state index in [2.05, 4.69) is 4.99 Å². The van der Waals surface area contributed by atoms with Crippen LogP contribution in [0, 0.1) is 0 Å². The lowest BCUT2D eigenvalue weighted by molar-refractivity contribution is -0.129.